The molecule has 0 spiro atoms. The fourth-order valence-electron chi connectivity index (χ4n) is 5.58. The summed E-state index contributed by atoms with van der Waals surface area (Å²) in [6.45, 7) is 6.71. The van der Waals surface area contributed by atoms with Crippen LogP contribution in [0.4, 0.5) is 24.5 Å². The normalized spacial score (nSPS) is 14.8. The van der Waals surface area contributed by atoms with Gasteiger partial charge in [0, 0.05) is 35.4 Å². The highest BCUT2D eigenvalue weighted by atomic mass is 19.4. The van der Waals surface area contributed by atoms with E-state index in [2.05, 4.69) is 63.8 Å². The highest BCUT2D eigenvalue weighted by molar-refractivity contribution is 5.99. The van der Waals surface area contributed by atoms with Crippen LogP contribution in [0.25, 0.3) is 21.7 Å². The lowest BCUT2D eigenvalue weighted by Crippen LogP contribution is -2.35. The van der Waals surface area contributed by atoms with Gasteiger partial charge in [0.25, 0.3) is 0 Å². The third kappa shape index (κ3) is 5.38. The van der Waals surface area contributed by atoms with Gasteiger partial charge in [0.15, 0.2) is 5.54 Å². The van der Waals surface area contributed by atoms with Gasteiger partial charge >= 0.3 is 6.18 Å². The molecule has 1 atom stereocenters. The molecule has 46 heavy (non-hydrogen) atoms. The van der Waals surface area contributed by atoms with Gasteiger partial charge in [-0.05, 0) is 53.5 Å². The van der Waals surface area contributed by atoms with Crippen LogP contribution in [0, 0.1) is 28.1 Å². The number of nitrogens with zero attached hydrogens (tertiary/aromatic N) is 7. The molecule has 0 aliphatic heterocycles. The molecule has 0 radical (unpaired) electrons. The second kappa shape index (κ2) is 11.2. The van der Waals surface area contributed by atoms with Crippen LogP contribution in [0.2, 0.25) is 0 Å². The lowest BCUT2D eigenvalue weighted by Gasteiger charge is -2.23. The number of hydrogen-bond acceptors (Lipinski definition) is 9. The zero-order valence-electron chi connectivity index (χ0n) is 25.6. The number of hydrogen-bond donors (Lipinski definition) is 2. The topological polar surface area (TPSA) is 137 Å². The number of ether oxygens (including phenoxy) is 1. The van der Waals surface area contributed by atoms with Crippen molar-refractivity contribution in [2.45, 2.75) is 51.4 Å². The predicted octanol–water partition coefficient (Wildman–Crippen LogP) is 6.84. The van der Waals surface area contributed by atoms with Gasteiger partial charge in [-0.3, -0.25) is 4.98 Å². The lowest BCUT2D eigenvalue weighted by molar-refractivity contribution is -0.182. The molecule has 2 N–H and O–H groups in total. The molecule has 3 aromatic heterocycles. The van der Waals surface area contributed by atoms with E-state index in [0.29, 0.717) is 51.2 Å². The fraction of sp³-hybridized carbons (Fsp3) is 0.333. The minimum absolute atomic E-state index is 0.0801. The van der Waals surface area contributed by atoms with Gasteiger partial charge in [-0.1, -0.05) is 38.1 Å². The van der Waals surface area contributed by atoms with Crippen molar-refractivity contribution in [3.05, 3.63) is 77.4 Å². The summed E-state index contributed by atoms with van der Waals surface area (Å²) >= 11 is 0. The second-order valence-electron chi connectivity index (χ2n) is 12.6. The lowest BCUT2D eigenvalue weighted by atomic mass is 9.96. The molecule has 0 saturated heterocycles. The van der Waals surface area contributed by atoms with Crippen molar-refractivity contribution >= 4 is 33.1 Å². The minimum Gasteiger partial charge on any atom is -0.481 e. The van der Waals surface area contributed by atoms with Crippen molar-refractivity contribution in [1.82, 2.24) is 25.0 Å². The molecule has 234 valence electrons. The first-order chi connectivity index (χ1) is 21.9. The van der Waals surface area contributed by atoms with E-state index >= 15 is 0 Å². The molecule has 1 saturated carbocycles. The highest BCUT2D eigenvalue weighted by Crippen LogP contribution is 2.55. The molecular formula is C33H30F3N9O. The highest BCUT2D eigenvalue weighted by Gasteiger charge is 2.66. The Morgan fingerprint density at radius 1 is 1.02 bits per heavy atom. The van der Waals surface area contributed by atoms with E-state index in [-0.39, 0.29) is 29.5 Å². The van der Waals surface area contributed by atoms with Crippen molar-refractivity contribution in [3.8, 4) is 18.0 Å². The zero-order valence-corrected chi connectivity index (χ0v) is 25.6. The summed E-state index contributed by atoms with van der Waals surface area (Å²) in [5.41, 5.74) is 0.694. The third-order valence-electron chi connectivity index (χ3n) is 8.12. The largest absolute Gasteiger partial charge is 0.481 e. The zero-order chi connectivity index (χ0) is 32.9. The van der Waals surface area contributed by atoms with Gasteiger partial charge in [0.05, 0.1) is 41.7 Å². The number of methoxy groups -OCH3 is 1. The number of nitrogens with one attached hydrogen (secondary N) is 2. The summed E-state index contributed by atoms with van der Waals surface area (Å²) in [5, 5.41) is 37.0. The maximum absolute atomic E-state index is 14.0. The number of benzene rings is 2. The van der Waals surface area contributed by atoms with Crippen LogP contribution in [-0.4, -0.2) is 44.8 Å². The van der Waals surface area contributed by atoms with Crippen molar-refractivity contribution in [3.63, 3.8) is 0 Å². The fourth-order valence-corrected chi connectivity index (χ4v) is 5.58. The van der Waals surface area contributed by atoms with Gasteiger partial charge in [-0.2, -0.15) is 23.7 Å². The summed E-state index contributed by atoms with van der Waals surface area (Å²) in [6.07, 6.45) is -0.289. The van der Waals surface area contributed by atoms with E-state index < -0.39 is 17.8 Å². The molecule has 10 nitrogen and oxygen atoms in total. The first-order valence-corrected chi connectivity index (χ1v) is 14.6. The second-order valence-corrected chi connectivity index (χ2v) is 12.6. The van der Waals surface area contributed by atoms with E-state index in [0.717, 1.165) is 10.1 Å². The average molecular weight is 626 g/mol. The van der Waals surface area contributed by atoms with Crippen LogP contribution in [0.15, 0.2) is 55.0 Å². The Hall–Kier alpha value is -5.43. The summed E-state index contributed by atoms with van der Waals surface area (Å²) in [7, 11) is 1.51. The maximum Gasteiger partial charge on any atom is 0.413 e. The molecule has 2 aromatic carbocycles. The molecule has 0 amide bonds. The van der Waals surface area contributed by atoms with Crippen LogP contribution in [0.5, 0.6) is 5.88 Å². The third-order valence-corrected chi connectivity index (χ3v) is 8.12. The summed E-state index contributed by atoms with van der Waals surface area (Å²) in [5.74, 6) is 0.387. The molecule has 1 fully saturated rings. The van der Waals surface area contributed by atoms with E-state index in [1.165, 1.54) is 19.5 Å². The van der Waals surface area contributed by atoms with Gasteiger partial charge in [0.1, 0.15) is 17.8 Å². The first-order valence-electron chi connectivity index (χ1n) is 14.6. The average Bonchev–Trinajstić information content (AvgIpc) is 3.72. The number of alkyl halides is 3. The monoisotopic (exact) mass is 625 g/mol. The number of fused-ring (bicyclic) bond motifs is 2. The molecule has 1 aliphatic rings. The van der Waals surface area contributed by atoms with E-state index in [4.69, 9.17) is 4.74 Å². The number of rotatable bonds is 8. The molecule has 5 aromatic rings. The summed E-state index contributed by atoms with van der Waals surface area (Å²) in [4.78, 5) is 8.71. The molecule has 0 bridgehead atoms. The molecule has 13 heteroatoms. The number of anilines is 2. The predicted molar refractivity (Wildman–Crippen MR) is 166 cm³/mol. The summed E-state index contributed by atoms with van der Waals surface area (Å²) in [6, 6.07) is 14.2. The standard InChI is InChI=1S/C33H30F3N9O/c1-31(2,3)18-41-28-20(15-38)16-40-27-19(14-37)12-21(13-25(27)28)42-29(23-6-5-7-24-22(23)8-11-39-30(24)46-4)26-17-45(44-43-26)32(9-10-32)33(34,35)36/h5-8,11-13,16-17,29,42H,9-10,18H2,1-4H3,(H,40,41)/t29-/m0/s1. The van der Waals surface area contributed by atoms with E-state index in [1.807, 2.05) is 12.1 Å². The van der Waals surface area contributed by atoms with Crippen LogP contribution < -0.4 is 15.4 Å². The Bertz CT molecular complexity index is 2050. The Morgan fingerprint density at radius 3 is 2.43 bits per heavy atom. The van der Waals surface area contributed by atoms with Crippen LogP contribution in [0.1, 0.15) is 62.0 Å². The van der Waals surface area contributed by atoms with E-state index in [9.17, 15) is 23.7 Å². The van der Waals surface area contributed by atoms with Gasteiger partial charge < -0.3 is 15.4 Å². The van der Waals surface area contributed by atoms with Gasteiger partial charge in [0.2, 0.25) is 5.88 Å². The number of halogens is 3. The van der Waals surface area contributed by atoms with Crippen LogP contribution in [0.3, 0.4) is 0 Å². The number of nitriles is 2. The van der Waals surface area contributed by atoms with Crippen LogP contribution in [-0.2, 0) is 5.54 Å². The molecular weight excluding hydrogens is 595 g/mol. The van der Waals surface area contributed by atoms with Crippen molar-refractivity contribution in [1.29, 1.82) is 10.5 Å². The summed E-state index contributed by atoms with van der Waals surface area (Å²) < 4.78 is 48.5. The molecule has 6 rings (SSSR count). The van der Waals surface area contributed by atoms with Gasteiger partial charge in [-0.15, -0.1) is 5.10 Å². The Kier molecular flexibility index (Phi) is 7.43. The molecule has 1 aliphatic carbocycles. The minimum atomic E-state index is -4.48. The Morgan fingerprint density at radius 2 is 1.78 bits per heavy atom. The van der Waals surface area contributed by atoms with Crippen molar-refractivity contribution in [2.24, 2.45) is 5.41 Å². The van der Waals surface area contributed by atoms with E-state index in [1.54, 1.807) is 30.5 Å². The number of aromatic nitrogens is 5. The first kappa shape index (κ1) is 30.6. The van der Waals surface area contributed by atoms with Gasteiger partial charge in [-0.25, -0.2) is 9.67 Å². The van der Waals surface area contributed by atoms with Crippen molar-refractivity contribution < 1.29 is 17.9 Å². The Balaban J connectivity index is 1.53. The maximum atomic E-state index is 14.0. The SMILES string of the molecule is COc1nccc2c([C@H](Nc3cc(C#N)c4ncc(C#N)c(NCC(C)(C)C)c4c3)c3cn(C4(C(F)(F)F)CC4)nn3)cccc12. The smallest absolute Gasteiger partial charge is 0.413 e. The quantitative estimate of drug-likeness (QED) is 0.190. The Labute approximate surface area is 262 Å². The van der Waals surface area contributed by atoms with Crippen LogP contribution >= 0.6 is 0 Å². The molecule has 0 unspecified atom stereocenters. The molecule has 3 heterocycles. The van der Waals surface area contributed by atoms with Crippen molar-refractivity contribution in [2.75, 3.05) is 24.3 Å². The number of pyridine rings is 2.